The van der Waals surface area contributed by atoms with Crippen molar-refractivity contribution in [2.45, 2.75) is 49.4 Å². The molecule has 0 bridgehead atoms. The highest BCUT2D eigenvalue weighted by molar-refractivity contribution is 8.01. The van der Waals surface area contributed by atoms with Gasteiger partial charge in [0.05, 0.1) is 5.52 Å². The molecule has 8 heteroatoms. The molecule has 136 valence electrons. The molecule has 0 spiro atoms. The summed E-state index contributed by atoms with van der Waals surface area (Å²) in [7, 11) is 0. The summed E-state index contributed by atoms with van der Waals surface area (Å²) in [5, 5.41) is 13.4. The molecule has 1 aromatic heterocycles. The second-order valence-corrected chi connectivity index (χ2v) is 8.92. The molecule has 4 rings (SSSR count). The van der Waals surface area contributed by atoms with Gasteiger partial charge >= 0.3 is 5.97 Å². The number of carbonyl (C=O) groups is 2. The Bertz CT molecular complexity index is 916. The number of carboxylic acid groups (broad SMARTS) is 1. The Morgan fingerprint density at radius 1 is 1.38 bits per heavy atom. The fourth-order valence-corrected chi connectivity index (χ4v) is 5.36. The number of fused-ring (bicyclic) bond motifs is 2. The predicted octanol–water partition coefficient (Wildman–Crippen LogP) is 2.12. The minimum Gasteiger partial charge on any atom is -0.480 e. The molecule has 0 radical (unpaired) electrons. The van der Waals surface area contributed by atoms with Crippen molar-refractivity contribution in [2.24, 2.45) is 0 Å². The highest BCUT2D eigenvalue weighted by atomic mass is 32.2. The highest BCUT2D eigenvalue weighted by Gasteiger charge is 2.64. The van der Waals surface area contributed by atoms with Crippen LogP contribution in [0.4, 0.5) is 5.82 Å². The summed E-state index contributed by atoms with van der Waals surface area (Å²) in [6.07, 6.45) is 2.37. The lowest BCUT2D eigenvalue weighted by atomic mass is 9.96. The van der Waals surface area contributed by atoms with E-state index in [1.807, 2.05) is 32.0 Å². The van der Waals surface area contributed by atoms with Gasteiger partial charge in [-0.2, -0.15) is 0 Å². The van der Waals surface area contributed by atoms with Crippen molar-refractivity contribution in [3.63, 3.8) is 0 Å². The average Bonchev–Trinajstić information content (AvgIpc) is 2.87. The van der Waals surface area contributed by atoms with Crippen LogP contribution in [0.15, 0.2) is 24.5 Å². The van der Waals surface area contributed by atoms with Gasteiger partial charge in [-0.15, -0.1) is 11.8 Å². The van der Waals surface area contributed by atoms with Crippen LogP contribution in [-0.2, 0) is 16.0 Å². The maximum absolute atomic E-state index is 12.7. The zero-order chi connectivity index (χ0) is 18.6. The van der Waals surface area contributed by atoms with Gasteiger partial charge in [-0.05, 0) is 38.0 Å². The number of aromatic nitrogens is 2. The molecule has 26 heavy (non-hydrogen) atoms. The van der Waals surface area contributed by atoms with Crippen LogP contribution >= 0.6 is 11.8 Å². The third-order valence-electron chi connectivity index (χ3n) is 5.08. The minimum absolute atomic E-state index is 0.195. The fourth-order valence-electron chi connectivity index (χ4n) is 3.73. The zero-order valence-corrected chi connectivity index (χ0v) is 15.6. The van der Waals surface area contributed by atoms with Crippen molar-refractivity contribution in [3.05, 3.63) is 30.1 Å². The molecule has 3 atom stereocenters. The molecule has 2 fully saturated rings. The van der Waals surface area contributed by atoms with Crippen LogP contribution in [0, 0.1) is 0 Å². The third kappa shape index (κ3) is 2.43. The van der Waals surface area contributed by atoms with Gasteiger partial charge in [0.2, 0.25) is 5.91 Å². The summed E-state index contributed by atoms with van der Waals surface area (Å²) in [5.41, 5.74) is 1.98. The maximum Gasteiger partial charge on any atom is 0.327 e. The highest BCUT2D eigenvalue weighted by Crippen LogP contribution is 2.51. The largest absolute Gasteiger partial charge is 0.480 e. The van der Waals surface area contributed by atoms with E-state index >= 15 is 0 Å². The number of hydrogen-bond acceptors (Lipinski definition) is 6. The Balaban J connectivity index is 1.65. The van der Waals surface area contributed by atoms with Gasteiger partial charge in [0, 0.05) is 10.1 Å². The fraction of sp³-hybridized carbons (Fsp3) is 0.444. The smallest absolute Gasteiger partial charge is 0.327 e. The van der Waals surface area contributed by atoms with Gasteiger partial charge in [-0.1, -0.05) is 13.0 Å². The summed E-state index contributed by atoms with van der Waals surface area (Å²) < 4.78 is -0.536. The second-order valence-electron chi connectivity index (χ2n) is 7.15. The first-order valence-electron chi connectivity index (χ1n) is 8.56. The number of nitrogens with one attached hydrogen (secondary N) is 1. The summed E-state index contributed by atoms with van der Waals surface area (Å²) in [6.45, 7) is 5.81. The SMILES string of the molecule is CCc1ccc2ncnc(NC3C(=O)N4C3SC(C)(C)C4C(=O)O)c2c1. The van der Waals surface area contributed by atoms with Gasteiger partial charge in [0.15, 0.2) is 0 Å². The Hall–Kier alpha value is -2.35. The van der Waals surface area contributed by atoms with E-state index in [-0.39, 0.29) is 11.3 Å². The topological polar surface area (TPSA) is 95.4 Å². The van der Waals surface area contributed by atoms with E-state index in [1.54, 1.807) is 0 Å². The molecule has 1 amide bonds. The number of nitrogens with zero attached hydrogens (tertiary/aromatic N) is 3. The predicted molar refractivity (Wildman–Crippen MR) is 100 cm³/mol. The molecule has 3 unspecified atom stereocenters. The first-order chi connectivity index (χ1) is 12.3. The average molecular weight is 372 g/mol. The van der Waals surface area contributed by atoms with E-state index < -0.39 is 22.8 Å². The molecular formula is C18H20N4O3S. The molecule has 2 aromatic rings. The van der Waals surface area contributed by atoms with Crippen molar-refractivity contribution in [1.82, 2.24) is 14.9 Å². The van der Waals surface area contributed by atoms with E-state index in [4.69, 9.17) is 0 Å². The van der Waals surface area contributed by atoms with E-state index in [1.165, 1.54) is 28.6 Å². The summed E-state index contributed by atoms with van der Waals surface area (Å²) in [6, 6.07) is 4.72. The van der Waals surface area contributed by atoms with Crippen molar-refractivity contribution in [1.29, 1.82) is 0 Å². The van der Waals surface area contributed by atoms with Crippen molar-refractivity contribution in [2.75, 3.05) is 5.32 Å². The number of rotatable bonds is 4. The number of aryl methyl sites for hydroxylation is 1. The number of amides is 1. The Kier molecular flexibility index (Phi) is 3.83. The second kappa shape index (κ2) is 5.84. The van der Waals surface area contributed by atoms with Crippen molar-refractivity contribution < 1.29 is 14.7 Å². The molecule has 0 saturated carbocycles. The number of aliphatic carboxylic acids is 1. The molecule has 2 aliphatic heterocycles. The first-order valence-corrected chi connectivity index (χ1v) is 9.44. The number of benzene rings is 1. The zero-order valence-electron chi connectivity index (χ0n) is 14.8. The standard InChI is InChI=1S/C18H20N4O3S/c1-4-9-5-6-11-10(7-9)14(20-8-19-11)21-12-15(23)22-13(17(24)25)18(2,3)26-16(12)22/h5-8,12-13,16H,4H2,1-3H3,(H,24,25)(H,19,20,21). The van der Waals surface area contributed by atoms with Crippen LogP contribution in [0.2, 0.25) is 0 Å². The molecule has 2 saturated heterocycles. The van der Waals surface area contributed by atoms with E-state index in [0.717, 1.165) is 17.3 Å². The lowest BCUT2D eigenvalue weighted by molar-refractivity contribution is -0.158. The third-order valence-corrected chi connectivity index (χ3v) is 6.65. The summed E-state index contributed by atoms with van der Waals surface area (Å²) in [5.74, 6) is -0.545. The lowest BCUT2D eigenvalue weighted by Crippen LogP contribution is -2.68. The Morgan fingerprint density at radius 3 is 2.85 bits per heavy atom. The van der Waals surface area contributed by atoms with Crippen molar-refractivity contribution in [3.8, 4) is 0 Å². The van der Waals surface area contributed by atoms with E-state index in [9.17, 15) is 14.7 Å². The van der Waals surface area contributed by atoms with Crippen LogP contribution in [0.5, 0.6) is 0 Å². The molecule has 3 heterocycles. The minimum atomic E-state index is -0.961. The van der Waals surface area contributed by atoms with Crippen LogP contribution in [-0.4, -0.2) is 54.1 Å². The number of carboxylic acids is 1. The van der Waals surface area contributed by atoms with Crippen LogP contribution < -0.4 is 5.32 Å². The van der Waals surface area contributed by atoms with Gasteiger partial charge in [0.25, 0.3) is 0 Å². The normalized spacial score (nSPS) is 26.5. The van der Waals surface area contributed by atoms with Gasteiger partial charge < -0.3 is 15.3 Å². The first kappa shape index (κ1) is 17.1. The number of anilines is 1. The van der Waals surface area contributed by atoms with Crippen molar-refractivity contribution >= 4 is 40.4 Å². The van der Waals surface area contributed by atoms with E-state index in [2.05, 4.69) is 22.2 Å². The number of β-lactam (4-membered cyclic amide) rings is 1. The quantitative estimate of drug-likeness (QED) is 0.794. The Morgan fingerprint density at radius 2 is 2.15 bits per heavy atom. The number of hydrogen-bond donors (Lipinski definition) is 2. The monoisotopic (exact) mass is 372 g/mol. The molecule has 2 aliphatic rings. The number of thioether (sulfide) groups is 1. The molecular weight excluding hydrogens is 352 g/mol. The molecule has 7 nitrogen and oxygen atoms in total. The van der Waals surface area contributed by atoms with Gasteiger partial charge in [-0.3, -0.25) is 4.79 Å². The van der Waals surface area contributed by atoms with Gasteiger partial charge in [-0.25, -0.2) is 14.8 Å². The summed E-state index contributed by atoms with van der Waals surface area (Å²) >= 11 is 1.52. The molecule has 2 N–H and O–H groups in total. The Labute approximate surface area is 155 Å². The summed E-state index contributed by atoms with van der Waals surface area (Å²) in [4.78, 5) is 34.4. The maximum atomic E-state index is 12.7. The molecule has 0 aliphatic carbocycles. The number of carbonyl (C=O) groups excluding carboxylic acids is 1. The van der Waals surface area contributed by atoms with Crippen LogP contribution in [0.1, 0.15) is 26.3 Å². The van der Waals surface area contributed by atoms with E-state index in [0.29, 0.717) is 5.82 Å². The van der Waals surface area contributed by atoms with Crippen LogP contribution in [0.3, 0.4) is 0 Å². The van der Waals surface area contributed by atoms with Gasteiger partial charge in [0.1, 0.15) is 29.6 Å². The lowest BCUT2D eigenvalue weighted by Gasteiger charge is -2.43. The molecule has 1 aromatic carbocycles. The van der Waals surface area contributed by atoms with Crippen LogP contribution in [0.25, 0.3) is 10.9 Å².